The van der Waals surface area contributed by atoms with E-state index < -0.39 is 14.6 Å². The van der Waals surface area contributed by atoms with Crippen molar-refractivity contribution in [3.8, 4) is 11.5 Å². The lowest BCUT2D eigenvalue weighted by Crippen LogP contribution is -2.38. The number of hydrogen-bond acceptors (Lipinski definition) is 5. The van der Waals surface area contributed by atoms with Crippen molar-refractivity contribution in [1.29, 1.82) is 0 Å². The summed E-state index contributed by atoms with van der Waals surface area (Å²) in [6, 6.07) is 6.79. The third kappa shape index (κ3) is 1.95. The van der Waals surface area contributed by atoms with Crippen molar-refractivity contribution >= 4 is 14.6 Å². The molecule has 2 aliphatic heterocycles. The van der Waals surface area contributed by atoms with Gasteiger partial charge in [0.05, 0.1) is 0 Å². The van der Waals surface area contributed by atoms with E-state index in [0.29, 0.717) is 11.5 Å². The highest BCUT2D eigenvalue weighted by Gasteiger charge is 2.34. The van der Waals surface area contributed by atoms with Gasteiger partial charge in [0.25, 0.3) is 0 Å². The van der Waals surface area contributed by atoms with Crippen molar-refractivity contribution in [2.24, 2.45) is 0 Å². The Morgan fingerprint density at radius 2 is 1.54 bits per heavy atom. The van der Waals surface area contributed by atoms with Crippen LogP contribution in [0.4, 0.5) is 0 Å². The Morgan fingerprint density at radius 3 is 1.92 bits per heavy atom. The van der Waals surface area contributed by atoms with Gasteiger partial charge in [-0.1, -0.05) is 0 Å². The number of hydrogen-bond donors (Lipinski definition) is 2. The molecule has 0 saturated carbocycles. The molecule has 66 valence electrons. The minimum atomic E-state index is -1.91. The van der Waals surface area contributed by atoms with Gasteiger partial charge in [-0.25, -0.2) is 0 Å². The Balaban J connectivity index is 2.10. The highest BCUT2D eigenvalue weighted by molar-refractivity contribution is 6.51. The van der Waals surface area contributed by atoms with Gasteiger partial charge in [-0.3, -0.25) is 0 Å². The Kier molecular flexibility index (Phi) is 2.13. The maximum atomic E-state index is 8.50. The van der Waals surface area contributed by atoms with Crippen molar-refractivity contribution in [2.45, 2.75) is 0 Å². The lowest BCUT2D eigenvalue weighted by molar-refractivity contribution is 0.227. The van der Waals surface area contributed by atoms with E-state index in [-0.39, 0.29) is 0 Å². The Hall–Kier alpha value is -1.17. The quantitative estimate of drug-likeness (QED) is 0.596. The average Bonchev–Trinajstić information content (AvgIpc) is 2.34. The standard InChI is InChI=1S/C6H6B2O5/c9-7(10)13-8-11-5-1-2-6(12-8)4-3-5/h1-4,9-10H. The first-order chi connectivity index (χ1) is 6.24. The van der Waals surface area contributed by atoms with E-state index in [0.717, 1.165) is 0 Å². The van der Waals surface area contributed by atoms with Gasteiger partial charge in [0, 0.05) is 0 Å². The van der Waals surface area contributed by atoms with Crippen molar-refractivity contribution in [1.82, 2.24) is 0 Å². The molecule has 0 fully saturated rings. The van der Waals surface area contributed by atoms with Crippen LogP contribution in [-0.2, 0) is 4.57 Å². The molecular weight excluding hydrogens is 174 g/mol. The van der Waals surface area contributed by atoms with Gasteiger partial charge in [-0.05, 0) is 24.3 Å². The van der Waals surface area contributed by atoms with E-state index in [1.165, 1.54) is 0 Å². The Labute approximate surface area is 75.2 Å². The van der Waals surface area contributed by atoms with Gasteiger partial charge in [-0.2, -0.15) is 0 Å². The lowest BCUT2D eigenvalue weighted by Gasteiger charge is -2.10. The largest absolute Gasteiger partial charge is 0.776 e. The van der Waals surface area contributed by atoms with Crippen LogP contribution >= 0.6 is 0 Å². The van der Waals surface area contributed by atoms with E-state index in [9.17, 15) is 0 Å². The van der Waals surface area contributed by atoms with E-state index in [1.54, 1.807) is 24.3 Å². The topological polar surface area (TPSA) is 68.2 Å². The predicted octanol–water partition coefficient (Wildman–Crippen LogP) is -0.571. The van der Waals surface area contributed by atoms with E-state index in [2.05, 4.69) is 4.57 Å². The fourth-order valence-corrected chi connectivity index (χ4v) is 0.998. The van der Waals surface area contributed by atoms with Gasteiger partial charge in [-0.15, -0.1) is 0 Å². The van der Waals surface area contributed by atoms with E-state index >= 15 is 0 Å². The zero-order chi connectivity index (χ0) is 9.26. The highest BCUT2D eigenvalue weighted by atomic mass is 16.8. The first-order valence-corrected chi connectivity index (χ1v) is 3.69. The van der Waals surface area contributed by atoms with Gasteiger partial charge in [0.1, 0.15) is 11.5 Å². The van der Waals surface area contributed by atoms with Gasteiger partial charge in [0.15, 0.2) is 0 Å². The van der Waals surface area contributed by atoms with E-state index in [4.69, 9.17) is 19.4 Å². The summed E-state index contributed by atoms with van der Waals surface area (Å²) in [5.41, 5.74) is 0. The molecule has 0 saturated heterocycles. The summed E-state index contributed by atoms with van der Waals surface area (Å²) in [6.45, 7) is 0. The van der Waals surface area contributed by atoms with E-state index in [1.807, 2.05) is 0 Å². The van der Waals surface area contributed by atoms with Gasteiger partial charge < -0.3 is 23.9 Å². The molecule has 0 aliphatic carbocycles. The second kappa shape index (κ2) is 3.29. The zero-order valence-corrected chi connectivity index (χ0v) is 6.58. The fraction of sp³-hybridized carbons (Fsp3) is 0. The van der Waals surface area contributed by atoms with Crippen LogP contribution in [0.5, 0.6) is 11.5 Å². The van der Waals surface area contributed by atoms with Crippen LogP contribution < -0.4 is 9.31 Å². The first kappa shape index (κ1) is 8.43. The van der Waals surface area contributed by atoms with Crippen LogP contribution in [0.15, 0.2) is 24.3 Å². The molecule has 2 heterocycles. The Bertz CT molecular complexity index is 263. The van der Waals surface area contributed by atoms with Gasteiger partial charge in [0.2, 0.25) is 0 Å². The normalized spacial score (nSPS) is 13.2. The summed E-state index contributed by atoms with van der Waals surface area (Å²) in [7, 11) is -3.03. The maximum absolute atomic E-state index is 8.50. The number of rotatable bonds is 2. The minimum absolute atomic E-state index is 0.548. The summed E-state index contributed by atoms with van der Waals surface area (Å²) in [5.74, 6) is 1.10. The highest BCUT2D eigenvalue weighted by Crippen LogP contribution is 2.23. The third-order valence-corrected chi connectivity index (χ3v) is 1.52. The second-order valence-corrected chi connectivity index (χ2v) is 2.46. The van der Waals surface area contributed by atoms with Crippen molar-refractivity contribution in [2.75, 3.05) is 0 Å². The molecule has 0 unspecified atom stereocenters. The van der Waals surface area contributed by atoms with Crippen LogP contribution in [0.2, 0.25) is 0 Å². The van der Waals surface area contributed by atoms with Crippen LogP contribution in [0.3, 0.4) is 0 Å². The number of benzene rings is 1. The lowest BCUT2D eigenvalue weighted by atomic mass is 10.1. The summed E-state index contributed by atoms with van der Waals surface area (Å²) in [5, 5.41) is 17.0. The zero-order valence-electron chi connectivity index (χ0n) is 6.58. The molecule has 0 atom stereocenters. The second-order valence-electron chi connectivity index (χ2n) is 2.46. The summed E-state index contributed by atoms with van der Waals surface area (Å²) in [4.78, 5) is 0. The molecule has 0 spiro atoms. The summed E-state index contributed by atoms with van der Waals surface area (Å²) >= 11 is 0. The van der Waals surface area contributed by atoms with Crippen LogP contribution in [0, 0.1) is 0 Å². The molecule has 2 bridgehead atoms. The van der Waals surface area contributed by atoms with Crippen molar-refractivity contribution < 1.29 is 23.9 Å². The smallest absolute Gasteiger partial charge is 0.502 e. The number of fused-ring (bicyclic) bond motifs is 4. The summed E-state index contributed by atoms with van der Waals surface area (Å²) in [6.07, 6.45) is 0. The molecule has 2 N–H and O–H groups in total. The van der Waals surface area contributed by atoms with Crippen molar-refractivity contribution in [3.63, 3.8) is 0 Å². The van der Waals surface area contributed by atoms with Crippen molar-refractivity contribution in [3.05, 3.63) is 24.3 Å². The molecule has 2 aliphatic rings. The molecule has 0 amide bonds. The van der Waals surface area contributed by atoms with Gasteiger partial charge >= 0.3 is 14.6 Å². The molecule has 7 heteroatoms. The summed E-state index contributed by atoms with van der Waals surface area (Å²) < 4.78 is 14.6. The van der Waals surface area contributed by atoms with Crippen LogP contribution in [-0.4, -0.2) is 24.7 Å². The first-order valence-electron chi connectivity index (χ1n) is 3.69. The minimum Gasteiger partial charge on any atom is -0.502 e. The van der Waals surface area contributed by atoms with Crippen LogP contribution in [0.1, 0.15) is 0 Å². The Morgan fingerprint density at radius 1 is 1.08 bits per heavy atom. The molecule has 3 rings (SSSR count). The molecule has 5 nitrogen and oxygen atoms in total. The SMILES string of the molecule is OB(O)OB1Oc2ccc(cc2)O1. The maximum Gasteiger partial charge on any atom is 0.776 e. The van der Waals surface area contributed by atoms with Crippen LogP contribution in [0.25, 0.3) is 0 Å². The molecule has 1 aromatic rings. The molecule has 1 aromatic carbocycles. The fourth-order valence-electron chi connectivity index (χ4n) is 0.998. The molecular formula is C6H6B2O5. The monoisotopic (exact) mass is 180 g/mol. The predicted molar refractivity (Wildman–Crippen MR) is 44.7 cm³/mol. The average molecular weight is 180 g/mol. The molecule has 13 heavy (non-hydrogen) atoms. The third-order valence-electron chi connectivity index (χ3n) is 1.52. The molecule has 0 radical (unpaired) electrons. The molecule has 0 aromatic heterocycles.